The lowest BCUT2D eigenvalue weighted by Gasteiger charge is -2.11. The fraction of sp³-hybridized carbons (Fsp3) is 0.286. The molecule has 0 atom stereocenters. The highest BCUT2D eigenvalue weighted by Crippen LogP contribution is 2.32. The van der Waals surface area contributed by atoms with Crippen LogP contribution in [0.5, 0.6) is 11.6 Å². The summed E-state index contributed by atoms with van der Waals surface area (Å²) in [6, 6.07) is 2.84. The van der Waals surface area contributed by atoms with Crippen molar-refractivity contribution in [1.82, 2.24) is 9.97 Å². The van der Waals surface area contributed by atoms with E-state index in [1.165, 1.54) is 25.6 Å². The van der Waals surface area contributed by atoms with Crippen molar-refractivity contribution in [3.8, 4) is 22.9 Å². The van der Waals surface area contributed by atoms with Crippen LogP contribution in [-0.4, -0.2) is 23.7 Å². The van der Waals surface area contributed by atoms with Crippen molar-refractivity contribution in [3.05, 3.63) is 35.4 Å². The molecule has 2 heterocycles. The van der Waals surface area contributed by atoms with Gasteiger partial charge in [0.25, 0.3) is 5.88 Å². The summed E-state index contributed by atoms with van der Waals surface area (Å²) in [4.78, 5) is 8.10. The first-order valence-corrected chi connectivity index (χ1v) is 6.51. The van der Waals surface area contributed by atoms with Crippen LogP contribution < -0.4 is 9.47 Å². The highest BCUT2D eigenvalue weighted by Gasteiger charge is 2.15. The van der Waals surface area contributed by atoms with E-state index < -0.39 is 5.82 Å². The number of hydrogen-bond acceptors (Lipinski definition) is 4. The third kappa shape index (κ3) is 3.17. The molecule has 0 bridgehead atoms. The van der Waals surface area contributed by atoms with Gasteiger partial charge in [0.2, 0.25) is 0 Å². The number of ether oxygens (including phenoxy) is 2. The molecule has 0 aliphatic rings. The summed E-state index contributed by atoms with van der Waals surface area (Å²) < 4.78 is 24.6. The fourth-order valence-electron chi connectivity index (χ4n) is 1.65. The van der Waals surface area contributed by atoms with Crippen LogP contribution in [0.1, 0.15) is 13.3 Å². The molecule has 0 unspecified atom stereocenters. The topological polar surface area (TPSA) is 44.2 Å². The van der Waals surface area contributed by atoms with Gasteiger partial charge in [0.15, 0.2) is 11.6 Å². The van der Waals surface area contributed by atoms with Gasteiger partial charge in [-0.1, -0.05) is 18.5 Å². The molecule has 0 spiro atoms. The van der Waals surface area contributed by atoms with Crippen LogP contribution in [0.3, 0.4) is 0 Å². The molecule has 0 aromatic carbocycles. The molecule has 2 rings (SSSR count). The highest BCUT2D eigenvalue weighted by molar-refractivity contribution is 6.30. The first kappa shape index (κ1) is 14.5. The lowest BCUT2D eigenvalue weighted by atomic mass is 10.2. The third-order valence-electron chi connectivity index (χ3n) is 2.55. The summed E-state index contributed by atoms with van der Waals surface area (Å²) in [5.74, 6) is -0.00446. The predicted octanol–water partition coefficient (Wildman–Crippen LogP) is 3.73. The third-order valence-corrected chi connectivity index (χ3v) is 2.76. The molecule has 2 aromatic heterocycles. The molecule has 0 saturated heterocycles. The zero-order valence-electron chi connectivity index (χ0n) is 11.2. The first-order valence-electron chi connectivity index (χ1n) is 6.14. The quantitative estimate of drug-likeness (QED) is 0.843. The molecular weight excluding hydrogens is 283 g/mol. The van der Waals surface area contributed by atoms with Crippen molar-refractivity contribution >= 4 is 11.6 Å². The molecule has 2 aromatic rings. The Morgan fingerprint density at radius 3 is 2.75 bits per heavy atom. The minimum atomic E-state index is -0.519. The summed E-state index contributed by atoms with van der Waals surface area (Å²) in [5, 5.41) is 0.413. The van der Waals surface area contributed by atoms with Crippen LogP contribution in [0.15, 0.2) is 24.5 Å². The molecule has 0 aliphatic heterocycles. The normalized spacial score (nSPS) is 10.4. The van der Waals surface area contributed by atoms with Gasteiger partial charge < -0.3 is 9.47 Å². The Labute approximate surface area is 121 Å². The van der Waals surface area contributed by atoms with Gasteiger partial charge in [-0.2, -0.15) is 0 Å². The van der Waals surface area contributed by atoms with E-state index in [1.54, 1.807) is 6.07 Å². The number of halogens is 2. The van der Waals surface area contributed by atoms with Crippen LogP contribution in [0.25, 0.3) is 11.3 Å². The Bertz CT molecular complexity index is 608. The van der Waals surface area contributed by atoms with E-state index in [9.17, 15) is 4.39 Å². The molecule has 0 saturated carbocycles. The molecule has 0 N–H and O–H groups in total. The lowest BCUT2D eigenvalue weighted by Crippen LogP contribution is -2.02. The van der Waals surface area contributed by atoms with Gasteiger partial charge in [-0.15, -0.1) is 0 Å². The van der Waals surface area contributed by atoms with Crippen LogP contribution >= 0.6 is 11.6 Å². The number of nitrogens with zero attached hydrogens (tertiary/aromatic N) is 2. The summed E-state index contributed by atoms with van der Waals surface area (Å²) in [5.41, 5.74) is 0.617. The minimum Gasteiger partial charge on any atom is -0.491 e. The molecule has 6 heteroatoms. The van der Waals surface area contributed by atoms with E-state index in [4.69, 9.17) is 21.1 Å². The molecule has 106 valence electrons. The average Bonchev–Trinajstić information content (AvgIpc) is 2.45. The number of methoxy groups -OCH3 is 1. The summed E-state index contributed by atoms with van der Waals surface area (Å²) in [6.07, 6.45) is 3.78. The zero-order valence-corrected chi connectivity index (χ0v) is 11.9. The van der Waals surface area contributed by atoms with Crippen LogP contribution in [-0.2, 0) is 0 Å². The summed E-state index contributed by atoms with van der Waals surface area (Å²) in [7, 11) is 1.44. The molecule has 0 aliphatic carbocycles. The fourth-order valence-corrected chi connectivity index (χ4v) is 1.82. The van der Waals surface area contributed by atoms with E-state index in [-0.39, 0.29) is 17.3 Å². The molecule has 0 fully saturated rings. The van der Waals surface area contributed by atoms with Gasteiger partial charge in [0, 0.05) is 24.0 Å². The van der Waals surface area contributed by atoms with Gasteiger partial charge in [0.05, 0.1) is 18.7 Å². The maximum Gasteiger partial charge on any atom is 0.257 e. The Morgan fingerprint density at radius 1 is 1.30 bits per heavy atom. The molecule has 0 amide bonds. The van der Waals surface area contributed by atoms with Crippen molar-refractivity contribution in [2.45, 2.75) is 13.3 Å². The average molecular weight is 297 g/mol. The van der Waals surface area contributed by atoms with Gasteiger partial charge >= 0.3 is 0 Å². The smallest absolute Gasteiger partial charge is 0.257 e. The van der Waals surface area contributed by atoms with Crippen LogP contribution in [0.4, 0.5) is 4.39 Å². The standard InChI is InChI=1S/C14H14ClFN2O2/c1-3-4-20-14-12(19-2)6-11(16)13(18-14)9-5-10(15)8-17-7-9/h5-8H,3-4H2,1-2H3. The maximum atomic E-state index is 14.1. The van der Waals surface area contributed by atoms with E-state index in [1.807, 2.05) is 6.92 Å². The summed E-state index contributed by atoms with van der Waals surface area (Å²) in [6.45, 7) is 2.44. The van der Waals surface area contributed by atoms with E-state index in [0.29, 0.717) is 17.2 Å². The molecule has 20 heavy (non-hydrogen) atoms. The lowest BCUT2D eigenvalue weighted by molar-refractivity contribution is 0.281. The number of pyridine rings is 2. The van der Waals surface area contributed by atoms with Gasteiger partial charge in [0.1, 0.15) is 5.69 Å². The second-order valence-corrected chi connectivity index (χ2v) is 4.50. The Morgan fingerprint density at radius 2 is 2.10 bits per heavy atom. The van der Waals surface area contributed by atoms with Crippen LogP contribution in [0, 0.1) is 5.82 Å². The Kier molecular flexibility index (Phi) is 4.74. The van der Waals surface area contributed by atoms with Crippen molar-refractivity contribution in [2.75, 3.05) is 13.7 Å². The van der Waals surface area contributed by atoms with Gasteiger partial charge in [-0.05, 0) is 12.5 Å². The largest absolute Gasteiger partial charge is 0.491 e. The first-order chi connectivity index (χ1) is 9.65. The maximum absolute atomic E-state index is 14.1. The van der Waals surface area contributed by atoms with E-state index in [2.05, 4.69) is 9.97 Å². The Hall–Kier alpha value is -1.88. The monoisotopic (exact) mass is 296 g/mol. The highest BCUT2D eigenvalue weighted by atomic mass is 35.5. The number of hydrogen-bond donors (Lipinski definition) is 0. The van der Waals surface area contributed by atoms with E-state index in [0.717, 1.165) is 6.42 Å². The number of aromatic nitrogens is 2. The molecular formula is C14H14ClFN2O2. The number of rotatable bonds is 5. The van der Waals surface area contributed by atoms with Crippen molar-refractivity contribution < 1.29 is 13.9 Å². The van der Waals surface area contributed by atoms with E-state index >= 15 is 0 Å². The predicted molar refractivity (Wildman–Crippen MR) is 74.8 cm³/mol. The minimum absolute atomic E-state index is 0.131. The molecule has 0 radical (unpaired) electrons. The second kappa shape index (κ2) is 6.52. The Balaban J connectivity index is 2.47. The second-order valence-electron chi connectivity index (χ2n) is 4.07. The summed E-state index contributed by atoms with van der Waals surface area (Å²) >= 11 is 5.86. The molecule has 4 nitrogen and oxygen atoms in total. The van der Waals surface area contributed by atoms with Crippen LogP contribution in [0.2, 0.25) is 5.02 Å². The van der Waals surface area contributed by atoms with Gasteiger partial charge in [-0.3, -0.25) is 4.98 Å². The SMILES string of the molecule is CCCOc1nc(-c2cncc(Cl)c2)c(F)cc1OC. The van der Waals surface area contributed by atoms with Crippen molar-refractivity contribution in [2.24, 2.45) is 0 Å². The van der Waals surface area contributed by atoms with Gasteiger partial charge in [-0.25, -0.2) is 9.37 Å². The van der Waals surface area contributed by atoms with Crippen molar-refractivity contribution in [3.63, 3.8) is 0 Å². The van der Waals surface area contributed by atoms with Crippen molar-refractivity contribution in [1.29, 1.82) is 0 Å². The zero-order chi connectivity index (χ0) is 14.5.